The minimum atomic E-state index is -3.57. The first kappa shape index (κ1) is 17.7. The van der Waals surface area contributed by atoms with Gasteiger partial charge >= 0.3 is 0 Å². The van der Waals surface area contributed by atoms with Crippen molar-refractivity contribution in [2.75, 3.05) is 5.75 Å². The summed E-state index contributed by atoms with van der Waals surface area (Å²) in [4.78, 5) is 12.0. The Bertz CT molecular complexity index is 811. The second-order valence-electron chi connectivity index (χ2n) is 5.23. The van der Waals surface area contributed by atoms with E-state index < -0.39 is 33.6 Å². The second kappa shape index (κ2) is 7.77. The number of hydrogen-bond acceptors (Lipinski definition) is 6. The molecule has 0 aliphatic carbocycles. The second-order valence-corrected chi connectivity index (χ2v) is 7.34. The molecule has 3 N–H and O–H groups in total. The third kappa shape index (κ3) is 4.94. The Labute approximate surface area is 140 Å². The number of rotatable bonds is 7. The Morgan fingerprint density at radius 1 is 1.25 bits per heavy atom. The number of benzene rings is 1. The van der Waals surface area contributed by atoms with Crippen molar-refractivity contribution in [3.63, 3.8) is 0 Å². The summed E-state index contributed by atoms with van der Waals surface area (Å²) in [5, 5.41) is 11.4. The molecule has 2 aromatic rings. The van der Waals surface area contributed by atoms with Crippen LogP contribution in [0.5, 0.6) is 0 Å². The van der Waals surface area contributed by atoms with Gasteiger partial charge < -0.3 is 15.5 Å². The molecular formula is C16H17N3O4S. The van der Waals surface area contributed by atoms with Gasteiger partial charge in [-0.3, -0.25) is 4.79 Å². The Morgan fingerprint density at radius 2 is 1.96 bits per heavy atom. The highest BCUT2D eigenvalue weighted by Gasteiger charge is 2.25. The van der Waals surface area contributed by atoms with E-state index in [-0.39, 0.29) is 11.5 Å². The molecule has 0 aliphatic rings. The highest BCUT2D eigenvalue weighted by molar-refractivity contribution is 7.90. The van der Waals surface area contributed by atoms with Crippen molar-refractivity contribution in [1.82, 2.24) is 5.32 Å². The van der Waals surface area contributed by atoms with E-state index in [1.807, 2.05) is 6.07 Å². The minimum absolute atomic E-state index is 0.200. The molecule has 7 nitrogen and oxygen atoms in total. The molecule has 0 fully saturated rings. The van der Waals surface area contributed by atoms with Crippen molar-refractivity contribution >= 4 is 15.7 Å². The van der Waals surface area contributed by atoms with Gasteiger partial charge in [0.05, 0.1) is 29.9 Å². The largest absolute Gasteiger partial charge is 0.466 e. The molecule has 24 heavy (non-hydrogen) atoms. The van der Waals surface area contributed by atoms with E-state index in [1.165, 1.54) is 12.3 Å². The molecule has 0 bridgehead atoms. The number of carbonyl (C=O) groups is 1. The molecule has 1 aromatic carbocycles. The predicted molar refractivity (Wildman–Crippen MR) is 87.1 cm³/mol. The lowest BCUT2D eigenvalue weighted by Gasteiger charge is -2.15. The van der Waals surface area contributed by atoms with Crippen LogP contribution in [0.15, 0.2) is 53.1 Å². The van der Waals surface area contributed by atoms with E-state index >= 15 is 0 Å². The van der Waals surface area contributed by atoms with Crippen LogP contribution < -0.4 is 11.1 Å². The fourth-order valence-corrected chi connectivity index (χ4v) is 3.62. The molecule has 0 aliphatic heterocycles. The Morgan fingerprint density at radius 3 is 2.54 bits per heavy atom. The summed E-state index contributed by atoms with van der Waals surface area (Å²) in [5.74, 6) is -1.18. The summed E-state index contributed by atoms with van der Waals surface area (Å²) in [6.45, 7) is 0. The zero-order chi connectivity index (χ0) is 17.6. The summed E-state index contributed by atoms with van der Waals surface area (Å²) in [7, 11) is -3.57. The molecule has 0 radical (unpaired) electrons. The van der Waals surface area contributed by atoms with Gasteiger partial charge in [0, 0.05) is 0 Å². The highest BCUT2D eigenvalue weighted by Crippen LogP contribution is 2.13. The van der Waals surface area contributed by atoms with Crippen molar-refractivity contribution in [1.29, 1.82) is 5.26 Å². The molecule has 1 unspecified atom stereocenters. The minimum Gasteiger partial charge on any atom is -0.466 e. The van der Waals surface area contributed by atoms with Crippen LogP contribution in [0.3, 0.4) is 0 Å². The van der Waals surface area contributed by atoms with Gasteiger partial charge in [0.1, 0.15) is 5.76 Å². The van der Waals surface area contributed by atoms with E-state index in [4.69, 9.17) is 15.4 Å². The van der Waals surface area contributed by atoms with Gasteiger partial charge in [0.15, 0.2) is 15.9 Å². The van der Waals surface area contributed by atoms with Crippen molar-refractivity contribution in [3.05, 3.63) is 60.1 Å². The number of amides is 1. The third-order valence-corrected chi connectivity index (χ3v) is 4.88. The summed E-state index contributed by atoms with van der Waals surface area (Å²) in [6.07, 6.45) is 1.37. The van der Waals surface area contributed by atoms with E-state index in [0.717, 1.165) is 0 Å². The summed E-state index contributed by atoms with van der Waals surface area (Å²) >= 11 is 0. The fourth-order valence-electron chi connectivity index (χ4n) is 2.11. The molecule has 1 amide bonds. The van der Waals surface area contributed by atoms with Crippen molar-refractivity contribution < 1.29 is 17.6 Å². The molecule has 126 valence electrons. The van der Waals surface area contributed by atoms with Gasteiger partial charge in [0.25, 0.3) is 0 Å². The third-order valence-electron chi connectivity index (χ3n) is 3.24. The molecule has 0 saturated heterocycles. The number of nitrogens with zero attached hydrogens (tertiary/aromatic N) is 1. The van der Waals surface area contributed by atoms with Crippen LogP contribution in [0.2, 0.25) is 0 Å². The van der Waals surface area contributed by atoms with Crippen LogP contribution >= 0.6 is 0 Å². The zero-order valence-corrected chi connectivity index (χ0v) is 13.6. The monoisotopic (exact) mass is 347 g/mol. The average molecular weight is 347 g/mol. The number of furan rings is 1. The number of nitriles is 1. The van der Waals surface area contributed by atoms with Crippen LogP contribution in [-0.2, 0) is 20.4 Å². The number of hydrogen-bond donors (Lipinski definition) is 2. The molecule has 2 atom stereocenters. The lowest BCUT2D eigenvalue weighted by Crippen LogP contribution is -2.46. The summed E-state index contributed by atoms with van der Waals surface area (Å²) < 4.78 is 29.4. The molecule has 8 heteroatoms. The maximum atomic E-state index is 12.2. The normalized spacial score (nSPS) is 13.7. The average Bonchev–Trinajstić information content (AvgIpc) is 3.06. The highest BCUT2D eigenvalue weighted by atomic mass is 32.2. The number of nitrogens with two attached hydrogens (primary N) is 1. The van der Waals surface area contributed by atoms with Crippen LogP contribution in [-0.4, -0.2) is 26.1 Å². The Kier molecular flexibility index (Phi) is 5.73. The van der Waals surface area contributed by atoms with Gasteiger partial charge in [0.2, 0.25) is 5.91 Å². The zero-order valence-electron chi connectivity index (χ0n) is 12.8. The molecule has 2 rings (SSSR count). The molecule has 0 spiro atoms. The predicted octanol–water partition coefficient (Wildman–Crippen LogP) is 0.903. The number of sulfone groups is 1. The fraction of sp³-hybridized carbons (Fsp3) is 0.250. The summed E-state index contributed by atoms with van der Waals surface area (Å²) in [5.41, 5.74) is 6.30. The standard InChI is InChI=1S/C16H17N3O4S/c17-9-14(15-7-4-8-23-15)19-16(20)13(18)11-24(21,22)10-12-5-2-1-3-6-12/h1-8,13-14H,10-11,18H2,(H,19,20)/t13-,14?/m0/s1. The summed E-state index contributed by atoms with van der Waals surface area (Å²) in [6, 6.07) is 11.3. The lowest BCUT2D eigenvalue weighted by molar-refractivity contribution is -0.122. The van der Waals surface area contributed by atoms with Gasteiger partial charge in [-0.2, -0.15) is 5.26 Å². The number of carbonyl (C=O) groups excluding carboxylic acids is 1. The van der Waals surface area contributed by atoms with E-state index in [1.54, 1.807) is 36.4 Å². The topological polar surface area (TPSA) is 126 Å². The Hall–Kier alpha value is -2.63. The molecule has 1 aromatic heterocycles. The van der Waals surface area contributed by atoms with E-state index in [9.17, 15) is 13.2 Å². The van der Waals surface area contributed by atoms with Gasteiger partial charge in [-0.15, -0.1) is 0 Å². The van der Waals surface area contributed by atoms with Crippen LogP contribution in [0.1, 0.15) is 17.4 Å². The lowest BCUT2D eigenvalue weighted by atomic mass is 10.2. The molecule has 1 heterocycles. The SMILES string of the molecule is N#CC(NC(=O)[C@@H](N)CS(=O)(=O)Cc1ccccc1)c1ccco1. The van der Waals surface area contributed by atoms with Crippen molar-refractivity contribution in [2.24, 2.45) is 5.73 Å². The van der Waals surface area contributed by atoms with E-state index in [2.05, 4.69) is 5.32 Å². The smallest absolute Gasteiger partial charge is 0.239 e. The Balaban J connectivity index is 1.97. The van der Waals surface area contributed by atoms with Crippen molar-refractivity contribution in [2.45, 2.75) is 17.8 Å². The van der Waals surface area contributed by atoms with Gasteiger partial charge in [-0.25, -0.2) is 8.42 Å². The van der Waals surface area contributed by atoms with Crippen LogP contribution in [0.25, 0.3) is 0 Å². The quantitative estimate of drug-likeness (QED) is 0.766. The first-order valence-electron chi connectivity index (χ1n) is 7.14. The molecule has 0 saturated carbocycles. The van der Waals surface area contributed by atoms with Gasteiger partial charge in [-0.1, -0.05) is 30.3 Å². The first-order chi connectivity index (χ1) is 11.4. The first-order valence-corrected chi connectivity index (χ1v) is 8.97. The maximum Gasteiger partial charge on any atom is 0.239 e. The maximum absolute atomic E-state index is 12.2. The van der Waals surface area contributed by atoms with E-state index in [0.29, 0.717) is 5.56 Å². The van der Waals surface area contributed by atoms with Crippen molar-refractivity contribution in [3.8, 4) is 6.07 Å². The van der Waals surface area contributed by atoms with Gasteiger partial charge in [-0.05, 0) is 17.7 Å². The molecular weight excluding hydrogens is 330 g/mol. The number of nitrogens with one attached hydrogen (secondary N) is 1. The van der Waals surface area contributed by atoms with Crippen LogP contribution in [0, 0.1) is 11.3 Å². The van der Waals surface area contributed by atoms with Crippen LogP contribution in [0.4, 0.5) is 0 Å².